The highest BCUT2D eigenvalue weighted by molar-refractivity contribution is 5.80. The second-order valence-corrected chi connectivity index (χ2v) is 8.93. The van der Waals surface area contributed by atoms with Crippen LogP contribution in [0.15, 0.2) is 35.3 Å². The molecule has 0 spiro atoms. The van der Waals surface area contributed by atoms with Crippen LogP contribution in [0.25, 0.3) is 0 Å². The molecule has 2 unspecified atom stereocenters. The van der Waals surface area contributed by atoms with Gasteiger partial charge in [0, 0.05) is 57.9 Å². The van der Waals surface area contributed by atoms with Gasteiger partial charge in [-0.05, 0) is 50.6 Å². The first-order chi connectivity index (χ1) is 14.3. The van der Waals surface area contributed by atoms with E-state index in [1.165, 1.54) is 37.9 Å². The van der Waals surface area contributed by atoms with Crippen molar-refractivity contribution >= 4 is 5.96 Å². The van der Waals surface area contributed by atoms with Crippen LogP contribution in [0.4, 0.5) is 0 Å². The highest BCUT2D eigenvalue weighted by Crippen LogP contribution is 2.31. The lowest BCUT2D eigenvalue weighted by Gasteiger charge is -2.40. The average molecular weight is 398 g/mol. The molecule has 2 atom stereocenters. The van der Waals surface area contributed by atoms with E-state index in [0.29, 0.717) is 6.04 Å². The molecule has 0 bridgehead atoms. The molecule has 1 aromatic rings. The van der Waals surface area contributed by atoms with Gasteiger partial charge in [0.05, 0.1) is 0 Å². The Morgan fingerprint density at radius 3 is 2.45 bits per heavy atom. The zero-order chi connectivity index (χ0) is 20.1. The van der Waals surface area contributed by atoms with Crippen molar-refractivity contribution in [1.29, 1.82) is 0 Å². The molecule has 5 nitrogen and oxygen atoms in total. The van der Waals surface area contributed by atoms with Gasteiger partial charge >= 0.3 is 0 Å². The van der Waals surface area contributed by atoms with Crippen LogP contribution in [0, 0.1) is 5.92 Å². The zero-order valence-corrected chi connectivity index (χ0v) is 18.4. The van der Waals surface area contributed by atoms with Gasteiger partial charge < -0.3 is 15.1 Å². The van der Waals surface area contributed by atoms with Crippen LogP contribution >= 0.6 is 0 Å². The summed E-state index contributed by atoms with van der Waals surface area (Å²) in [6, 6.07) is 12.4. The molecule has 1 aliphatic carbocycles. The van der Waals surface area contributed by atoms with Gasteiger partial charge in [0.2, 0.25) is 0 Å². The molecule has 1 N–H and O–H groups in total. The predicted octanol–water partition coefficient (Wildman–Crippen LogP) is 3.21. The number of hydrogen-bond acceptors (Lipinski definition) is 3. The van der Waals surface area contributed by atoms with Crippen LogP contribution in [-0.4, -0.2) is 79.1 Å². The van der Waals surface area contributed by atoms with Crippen LogP contribution in [0.3, 0.4) is 0 Å². The lowest BCUT2D eigenvalue weighted by molar-refractivity contribution is 0.127. The minimum Gasteiger partial charge on any atom is -0.357 e. The maximum Gasteiger partial charge on any atom is 0.194 e. The van der Waals surface area contributed by atoms with Crippen LogP contribution < -0.4 is 5.32 Å². The summed E-state index contributed by atoms with van der Waals surface area (Å²) in [6.45, 7) is 13.3. The minimum atomic E-state index is 0.532. The van der Waals surface area contributed by atoms with Gasteiger partial charge in [0.15, 0.2) is 5.96 Å². The van der Waals surface area contributed by atoms with Crippen LogP contribution in [-0.2, 0) is 0 Å². The first kappa shape index (κ1) is 20.7. The molecule has 29 heavy (non-hydrogen) atoms. The van der Waals surface area contributed by atoms with E-state index in [9.17, 15) is 0 Å². The third-order valence-electron chi connectivity index (χ3n) is 6.84. The molecule has 3 aliphatic rings. The maximum atomic E-state index is 5.07. The molecule has 5 heteroatoms. The van der Waals surface area contributed by atoms with Gasteiger partial charge in [0.1, 0.15) is 0 Å². The van der Waals surface area contributed by atoms with Crippen molar-refractivity contribution in [1.82, 2.24) is 20.0 Å². The molecule has 2 heterocycles. The molecular weight excluding hydrogens is 358 g/mol. The van der Waals surface area contributed by atoms with Crippen molar-refractivity contribution in [2.24, 2.45) is 10.9 Å². The highest BCUT2D eigenvalue weighted by Gasteiger charge is 2.34. The van der Waals surface area contributed by atoms with E-state index in [2.05, 4.69) is 64.2 Å². The zero-order valence-electron chi connectivity index (χ0n) is 18.4. The summed E-state index contributed by atoms with van der Waals surface area (Å²) in [5.74, 6) is 1.87. The van der Waals surface area contributed by atoms with E-state index in [-0.39, 0.29) is 0 Å². The molecule has 0 aromatic heterocycles. The number of rotatable bonds is 7. The molecular formula is C24H39N5. The van der Waals surface area contributed by atoms with Crippen molar-refractivity contribution in [2.45, 2.75) is 51.6 Å². The summed E-state index contributed by atoms with van der Waals surface area (Å²) in [6.07, 6.45) is 5.33. The monoisotopic (exact) mass is 397 g/mol. The summed E-state index contributed by atoms with van der Waals surface area (Å²) in [5.41, 5.74) is 1.45. The van der Waals surface area contributed by atoms with E-state index in [1.807, 2.05) is 0 Å². The second kappa shape index (κ2) is 9.94. The lowest BCUT2D eigenvalue weighted by atomic mass is 10.0. The molecule has 0 amide bonds. The molecule has 1 aromatic carbocycles. The average Bonchev–Trinajstić information content (AvgIpc) is 3.51. The summed E-state index contributed by atoms with van der Waals surface area (Å²) >= 11 is 0. The van der Waals surface area contributed by atoms with E-state index >= 15 is 0 Å². The number of piperazine rings is 1. The van der Waals surface area contributed by atoms with Crippen molar-refractivity contribution < 1.29 is 0 Å². The largest absolute Gasteiger partial charge is 0.357 e. The van der Waals surface area contributed by atoms with E-state index in [1.54, 1.807) is 0 Å². The Bertz CT molecular complexity index is 648. The molecule has 1 saturated carbocycles. The predicted molar refractivity (Wildman–Crippen MR) is 121 cm³/mol. The fraction of sp³-hybridized carbons (Fsp3) is 0.708. The third-order valence-corrected chi connectivity index (χ3v) is 6.84. The molecule has 3 fully saturated rings. The topological polar surface area (TPSA) is 34.1 Å². The van der Waals surface area contributed by atoms with Gasteiger partial charge in [-0.3, -0.25) is 9.89 Å². The van der Waals surface area contributed by atoms with Crippen molar-refractivity contribution in [2.75, 3.05) is 52.4 Å². The smallest absolute Gasteiger partial charge is 0.194 e. The molecule has 2 saturated heterocycles. The normalized spacial score (nSPS) is 25.4. The maximum absolute atomic E-state index is 5.07. The van der Waals surface area contributed by atoms with Crippen LogP contribution in [0.2, 0.25) is 0 Å². The summed E-state index contributed by atoms with van der Waals surface area (Å²) in [5, 5.41) is 3.56. The Labute approximate surface area is 177 Å². The lowest BCUT2D eigenvalue weighted by Crippen LogP contribution is -2.53. The molecule has 2 aliphatic heterocycles. The number of nitrogens with zero attached hydrogens (tertiary/aromatic N) is 4. The first-order valence-electron chi connectivity index (χ1n) is 11.8. The Morgan fingerprint density at radius 1 is 1.03 bits per heavy atom. The van der Waals surface area contributed by atoms with Gasteiger partial charge in [-0.15, -0.1) is 0 Å². The van der Waals surface area contributed by atoms with Gasteiger partial charge in [-0.25, -0.2) is 0 Å². The van der Waals surface area contributed by atoms with Gasteiger partial charge in [-0.1, -0.05) is 37.3 Å². The fourth-order valence-corrected chi connectivity index (χ4v) is 5.05. The number of guanidine groups is 1. The number of nitrogens with one attached hydrogen (secondary N) is 1. The minimum absolute atomic E-state index is 0.532. The summed E-state index contributed by atoms with van der Waals surface area (Å²) < 4.78 is 0. The quantitative estimate of drug-likeness (QED) is 0.566. The van der Waals surface area contributed by atoms with Crippen molar-refractivity contribution in [3.8, 4) is 0 Å². The molecule has 4 rings (SSSR count). The van der Waals surface area contributed by atoms with Crippen molar-refractivity contribution in [3.63, 3.8) is 0 Å². The molecule has 160 valence electrons. The van der Waals surface area contributed by atoms with Gasteiger partial charge in [0.25, 0.3) is 0 Å². The highest BCUT2D eigenvalue weighted by atomic mass is 15.4. The second-order valence-electron chi connectivity index (χ2n) is 8.93. The van der Waals surface area contributed by atoms with E-state index in [4.69, 9.17) is 4.99 Å². The third kappa shape index (κ3) is 5.32. The number of likely N-dealkylation sites (tertiary alicyclic amines) is 1. The van der Waals surface area contributed by atoms with Crippen LogP contribution in [0.5, 0.6) is 0 Å². The number of aliphatic imine (C=N–C) groups is 1. The first-order valence-corrected chi connectivity index (χ1v) is 11.8. The number of benzene rings is 1. The fourth-order valence-electron chi connectivity index (χ4n) is 5.05. The van der Waals surface area contributed by atoms with Crippen LogP contribution in [0.1, 0.15) is 51.1 Å². The summed E-state index contributed by atoms with van der Waals surface area (Å²) in [4.78, 5) is 12.9. The number of hydrogen-bond donors (Lipinski definition) is 1. The van der Waals surface area contributed by atoms with E-state index in [0.717, 1.165) is 63.6 Å². The Morgan fingerprint density at radius 2 is 1.79 bits per heavy atom. The summed E-state index contributed by atoms with van der Waals surface area (Å²) in [7, 11) is 0. The van der Waals surface area contributed by atoms with Crippen molar-refractivity contribution in [3.05, 3.63) is 35.9 Å². The molecule has 0 radical (unpaired) electrons. The Hall–Kier alpha value is -1.59. The van der Waals surface area contributed by atoms with Gasteiger partial charge in [-0.2, -0.15) is 0 Å². The SMILES string of the molecule is CCNC(=NCC1CCN(C2CC2)C1)N1CCN(C(CC)c2ccccc2)CC1. The van der Waals surface area contributed by atoms with E-state index < -0.39 is 0 Å². The standard InChI is InChI=1S/C24H39N5/c1-3-23(21-8-6-5-7-9-21)27-14-16-28(17-15-27)24(25-4-2)26-18-20-12-13-29(19-20)22-10-11-22/h5-9,20,22-23H,3-4,10-19H2,1-2H3,(H,25,26). The Balaban J connectivity index is 1.31. The Kier molecular flexibility index (Phi) is 7.09.